The van der Waals surface area contributed by atoms with Crippen LogP contribution in [0.25, 0.3) is 4.13 Å². The SMILES string of the molecule is CCCC[n+]1cc(COC(=O)C2CCC(C)=C(C)C2)n(C)c1.O=S(=O)([N-]S(=O)(=O)C(F)(F)F)C(F)(F)F. The predicted octanol–water partition coefficient (Wildman–Crippen LogP) is 4.35. The van der Waals surface area contributed by atoms with Crippen LogP contribution in [0.1, 0.15) is 58.6 Å². The molecule has 1 atom stereocenters. The number of alkyl halides is 6. The number of halogens is 6. The first-order chi connectivity index (χ1) is 16.7. The van der Waals surface area contributed by atoms with E-state index >= 15 is 0 Å². The minimum atomic E-state index is -6.72. The maximum absolute atomic E-state index is 12.3. The highest BCUT2D eigenvalue weighted by Crippen LogP contribution is 2.36. The van der Waals surface area contributed by atoms with Crippen LogP contribution >= 0.6 is 0 Å². The Balaban J connectivity index is 0.000000401. The number of aryl methyl sites for hydroxylation is 2. The minimum absolute atomic E-state index is 0.0381. The Bertz CT molecular complexity index is 1150. The summed E-state index contributed by atoms with van der Waals surface area (Å²) in [5, 5.41) is 0. The fraction of sp³-hybridized carbons (Fsp3) is 0.700. The predicted molar refractivity (Wildman–Crippen MR) is 119 cm³/mol. The zero-order valence-corrected chi connectivity index (χ0v) is 22.2. The van der Waals surface area contributed by atoms with Gasteiger partial charge in [-0.2, -0.15) is 26.3 Å². The molecule has 9 nitrogen and oxygen atoms in total. The standard InChI is InChI=1S/C18H29N2O2.C2F6NO4S2/c1-5-6-9-20-11-17(19(4)13-20)12-22-18(21)16-8-7-14(2)15(3)10-16;3-1(4,5)14(10,11)9-15(12,13)2(6,7)8/h11,13,16H,5-10,12H2,1-4H3;/q+1;-1. The van der Waals surface area contributed by atoms with Crippen LogP contribution in [0.4, 0.5) is 26.3 Å². The highest BCUT2D eigenvalue weighted by Gasteiger charge is 2.46. The number of ether oxygens (including phenoxy) is 1. The average Bonchev–Trinajstić information content (AvgIpc) is 3.10. The Labute approximate surface area is 211 Å². The second-order valence-electron chi connectivity index (χ2n) is 8.46. The molecule has 37 heavy (non-hydrogen) atoms. The maximum Gasteiger partial charge on any atom is 0.480 e. The van der Waals surface area contributed by atoms with Crippen LogP contribution in [0.3, 0.4) is 0 Å². The Morgan fingerprint density at radius 2 is 1.62 bits per heavy atom. The Hall–Kier alpha value is -2.14. The summed E-state index contributed by atoms with van der Waals surface area (Å²) in [5.74, 6) is -0.00987. The van der Waals surface area contributed by atoms with E-state index in [1.54, 1.807) is 0 Å². The van der Waals surface area contributed by atoms with E-state index in [9.17, 15) is 48.0 Å². The van der Waals surface area contributed by atoms with Gasteiger partial charge in [0.25, 0.3) is 0 Å². The summed E-state index contributed by atoms with van der Waals surface area (Å²) in [6.07, 6.45) is 9.29. The number of sulfonamides is 2. The Kier molecular flexibility index (Phi) is 11.2. The lowest BCUT2D eigenvalue weighted by Crippen LogP contribution is -2.30. The smallest absolute Gasteiger partial charge is 0.457 e. The molecule has 0 amide bonds. The van der Waals surface area contributed by atoms with Crippen molar-refractivity contribution in [3.8, 4) is 0 Å². The molecule has 1 aliphatic rings. The van der Waals surface area contributed by atoms with E-state index in [0.29, 0.717) is 6.61 Å². The Morgan fingerprint density at radius 3 is 2.08 bits per heavy atom. The van der Waals surface area contributed by atoms with E-state index in [4.69, 9.17) is 4.74 Å². The van der Waals surface area contributed by atoms with Crippen molar-refractivity contribution in [3.05, 3.63) is 33.5 Å². The summed E-state index contributed by atoms with van der Waals surface area (Å²) < 4.78 is 119. The van der Waals surface area contributed by atoms with Gasteiger partial charge >= 0.3 is 17.0 Å². The van der Waals surface area contributed by atoms with Gasteiger partial charge in [0.1, 0.15) is 6.20 Å². The van der Waals surface area contributed by atoms with Gasteiger partial charge in [-0.05, 0) is 39.5 Å². The third-order valence-electron chi connectivity index (χ3n) is 5.49. The number of esters is 1. The van der Waals surface area contributed by atoms with Crippen molar-refractivity contribution in [3.63, 3.8) is 0 Å². The van der Waals surface area contributed by atoms with Gasteiger partial charge in [-0.3, -0.25) is 4.79 Å². The summed E-state index contributed by atoms with van der Waals surface area (Å²) in [7, 11) is -11.4. The molecule has 0 saturated heterocycles. The molecular weight excluding hydrogens is 556 g/mol. The number of hydrogen-bond donors (Lipinski definition) is 0. The van der Waals surface area contributed by atoms with E-state index in [-0.39, 0.29) is 11.9 Å². The molecule has 1 heterocycles. The van der Waals surface area contributed by atoms with E-state index < -0.39 is 31.1 Å². The van der Waals surface area contributed by atoms with Gasteiger partial charge in [-0.1, -0.05) is 24.5 Å². The molecule has 0 saturated carbocycles. The van der Waals surface area contributed by atoms with Crippen LogP contribution in [0.15, 0.2) is 23.7 Å². The van der Waals surface area contributed by atoms with Gasteiger partial charge < -0.3 is 8.86 Å². The number of unbranched alkanes of at least 4 members (excludes halogenated alkanes) is 1. The second kappa shape index (κ2) is 12.6. The van der Waals surface area contributed by atoms with Crippen molar-refractivity contribution in [2.45, 2.75) is 77.0 Å². The third kappa shape index (κ3) is 9.59. The molecule has 2 rings (SSSR count). The molecule has 0 N–H and O–H groups in total. The van der Waals surface area contributed by atoms with Crippen LogP contribution in [0.2, 0.25) is 0 Å². The summed E-state index contributed by atoms with van der Waals surface area (Å²) >= 11 is 0. The van der Waals surface area contributed by atoms with Crippen molar-refractivity contribution in [1.29, 1.82) is 0 Å². The molecule has 214 valence electrons. The zero-order chi connectivity index (χ0) is 28.8. The van der Waals surface area contributed by atoms with Crippen LogP contribution < -0.4 is 4.57 Å². The molecular formula is C20H29F6N3O6S2. The molecule has 0 bridgehead atoms. The molecule has 0 spiro atoms. The van der Waals surface area contributed by atoms with Gasteiger partial charge in [-0.25, -0.2) is 26.0 Å². The van der Waals surface area contributed by atoms with E-state index in [1.165, 1.54) is 24.0 Å². The van der Waals surface area contributed by atoms with Crippen molar-refractivity contribution >= 4 is 26.0 Å². The van der Waals surface area contributed by atoms with Gasteiger partial charge in [0.15, 0.2) is 32.3 Å². The van der Waals surface area contributed by atoms with Gasteiger partial charge in [0, 0.05) is 0 Å². The number of aromatic nitrogens is 2. The molecule has 0 fully saturated rings. The number of nitrogens with zero attached hydrogens (tertiary/aromatic N) is 3. The lowest BCUT2D eigenvalue weighted by atomic mass is 9.85. The van der Waals surface area contributed by atoms with Gasteiger partial charge in [-0.15, -0.1) is 0 Å². The van der Waals surface area contributed by atoms with E-state index in [2.05, 4.69) is 37.9 Å². The largest absolute Gasteiger partial charge is 0.480 e. The number of rotatable bonds is 8. The van der Waals surface area contributed by atoms with Crippen molar-refractivity contribution in [2.75, 3.05) is 0 Å². The van der Waals surface area contributed by atoms with Crippen LogP contribution in [-0.2, 0) is 49.8 Å². The number of allylic oxidation sites excluding steroid dienone is 2. The molecule has 1 unspecified atom stereocenters. The third-order valence-corrected chi connectivity index (χ3v) is 8.23. The first-order valence-electron chi connectivity index (χ1n) is 10.9. The lowest BCUT2D eigenvalue weighted by Gasteiger charge is -2.22. The summed E-state index contributed by atoms with van der Waals surface area (Å²) in [6.45, 7) is 7.86. The van der Waals surface area contributed by atoms with Crippen molar-refractivity contribution in [1.82, 2.24) is 4.57 Å². The fourth-order valence-corrected chi connectivity index (χ4v) is 4.85. The zero-order valence-electron chi connectivity index (χ0n) is 20.6. The second-order valence-corrected chi connectivity index (χ2v) is 11.9. The minimum Gasteiger partial charge on any atom is -0.457 e. The van der Waals surface area contributed by atoms with Crippen LogP contribution in [0.5, 0.6) is 0 Å². The molecule has 1 aromatic rings. The Morgan fingerprint density at radius 1 is 1.08 bits per heavy atom. The molecule has 1 aliphatic carbocycles. The average molecular weight is 586 g/mol. The normalized spacial score (nSPS) is 17.3. The lowest BCUT2D eigenvalue weighted by molar-refractivity contribution is -0.697. The highest BCUT2D eigenvalue weighted by atomic mass is 32.3. The summed E-state index contributed by atoms with van der Waals surface area (Å²) in [4.78, 5) is 12.3. The molecule has 17 heteroatoms. The topological polar surface area (TPSA) is 117 Å². The summed E-state index contributed by atoms with van der Waals surface area (Å²) in [5.41, 5.74) is -8.58. The number of hydrogen-bond acceptors (Lipinski definition) is 6. The van der Waals surface area contributed by atoms with Gasteiger partial charge in [0.2, 0.25) is 6.33 Å². The maximum atomic E-state index is 12.3. The van der Waals surface area contributed by atoms with Crippen LogP contribution in [0, 0.1) is 5.92 Å². The van der Waals surface area contributed by atoms with Gasteiger partial charge in [0.05, 0.1) is 19.5 Å². The van der Waals surface area contributed by atoms with Crippen molar-refractivity contribution in [2.24, 2.45) is 13.0 Å². The summed E-state index contributed by atoms with van der Waals surface area (Å²) in [6, 6.07) is 0. The fourth-order valence-electron chi connectivity index (χ4n) is 3.14. The first-order valence-corrected chi connectivity index (χ1v) is 13.8. The molecule has 0 aliphatic heterocycles. The quantitative estimate of drug-likeness (QED) is 0.194. The molecule has 0 aromatic carbocycles. The molecule has 1 aromatic heterocycles. The first kappa shape index (κ1) is 32.9. The number of carbonyl (C=O) groups is 1. The van der Waals surface area contributed by atoms with E-state index in [1.807, 2.05) is 11.6 Å². The van der Waals surface area contributed by atoms with Crippen molar-refractivity contribution < 1.29 is 57.3 Å². The molecule has 0 radical (unpaired) electrons. The van der Waals surface area contributed by atoms with Crippen LogP contribution in [-0.4, -0.2) is 38.4 Å². The highest BCUT2D eigenvalue weighted by molar-refractivity contribution is 8.13. The monoisotopic (exact) mass is 585 g/mol. The number of carbonyl (C=O) groups excluding carboxylic acids is 1. The number of imidazole rings is 1. The van der Waals surface area contributed by atoms with E-state index in [0.717, 1.165) is 35.6 Å².